The third-order valence-electron chi connectivity index (χ3n) is 2.92. The van der Waals surface area contributed by atoms with Crippen molar-refractivity contribution in [1.82, 2.24) is 4.98 Å². The summed E-state index contributed by atoms with van der Waals surface area (Å²) in [5.41, 5.74) is 1.16. The molecule has 1 aliphatic heterocycles. The van der Waals surface area contributed by atoms with Crippen molar-refractivity contribution in [2.75, 3.05) is 24.6 Å². The van der Waals surface area contributed by atoms with E-state index >= 15 is 0 Å². The number of halogens is 1. The van der Waals surface area contributed by atoms with Gasteiger partial charge in [-0.3, -0.25) is 0 Å². The van der Waals surface area contributed by atoms with E-state index in [2.05, 4.69) is 16.8 Å². The maximum absolute atomic E-state index is 5.88. The Hall–Kier alpha value is -0.800. The van der Waals surface area contributed by atoms with E-state index in [1.807, 2.05) is 12.1 Å². The lowest BCUT2D eigenvalue weighted by molar-refractivity contribution is 0.0459. The van der Waals surface area contributed by atoms with Crippen LogP contribution in [0.1, 0.15) is 19.8 Å². The van der Waals surface area contributed by atoms with Gasteiger partial charge in [0.1, 0.15) is 5.15 Å². The quantitative estimate of drug-likeness (QED) is 0.760. The minimum absolute atomic E-state index is 0.429. The number of anilines is 1. The molecule has 0 N–H and O–H groups in total. The van der Waals surface area contributed by atoms with Gasteiger partial charge in [0.25, 0.3) is 0 Å². The summed E-state index contributed by atoms with van der Waals surface area (Å²) in [5.74, 6) is 0. The molecule has 1 aliphatic rings. The third kappa shape index (κ3) is 2.86. The maximum atomic E-state index is 5.88. The Morgan fingerprint density at radius 1 is 1.50 bits per heavy atom. The Kier molecular flexibility index (Phi) is 4.02. The molecular formula is C12H17ClN2O. The number of nitrogens with zero attached hydrogens (tertiary/aromatic N) is 2. The predicted octanol–water partition coefficient (Wildman–Crippen LogP) is 2.74. The van der Waals surface area contributed by atoms with Gasteiger partial charge in [0.05, 0.1) is 6.10 Å². The molecule has 0 amide bonds. The fraction of sp³-hybridized carbons (Fsp3) is 0.583. The Morgan fingerprint density at radius 2 is 2.25 bits per heavy atom. The molecule has 88 valence electrons. The van der Waals surface area contributed by atoms with Gasteiger partial charge < -0.3 is 9.64 Å². The molecule has 3 nitrogen and oxygen atoms in total. The Morgan fingerprint density at radius 3 is 2.88 bits per heavy atom. The lowest BCUT2D eigenvalue weighted by Gasteiger charge is -2.33. The molecule has 0 saturated carbocycles. The van der Waals surface area contributed by atoms with E-state index in [4.69, 9.17) is 16.3 Å². The van der Waals surface area contributed by atoms with E-state index < -0.39 is 0 Å². The summed E-state index contributed by atoms with van der Waals surface area (Å²) >= 11 is 5.88. The van der Waals surface area contributed by atoms with Gasteiger partial charge in [-0.2, -0.15) is 0 Å². The number of piperidine rings is 1. The monoisotopic (exact) mass is 240 g/mol. The SMILES string of the molecule is CCOC1CCN(c2ccnc(Cl)c2)CC1. The number of hydrogen-bond acceptors (Lipinski definition) is 3. The zero-order valence-electron chi connectivity index (χ0n) is 9.53. The zero-order valence-corrected chi connectivity index (χ0v) is 10.3. The Balaban J connectivity index is 1.94. The van der Waals surface area contributed by atoms with Crippen LogP contribution in [0.25, 0.3) is 0 Å². The molecule has 0 radical (unpaired) electrons. The highest BCUT2D eigenvalue weighted by atomic mass is 35.5. The molecule has 2 rings (SSSR count). The van der Waals surface area contributed by atoms with E-state index in [0.717, 1.165) is 38.2 Å². The van der Waals surface area contributed by atoms with Crippen molar-refractivity contribution in [3.63, 3.8) is 0 Å². The third-order valence-corrected chi connectivity index (χ3v) is 3.13. The van der Waals surface area contributed by atoms with E-state index in [1.54, 1.807) is 6.20 Å². The number of rotatable bonds is 3. The van der Waals surface area contributed by atoms with Crippen LogP contribution in [0, 0.1) is 0 Å². The molecule has 0 spiro atoms. The number of ether oxygens (including phenoxy) is 1. The minimum Gasteiger partial charge on any atom is -0.378 e. The molecule has 0 atom stereocenters. The lowest BCUT2D eigenvalue weighted by Crippen LogP contribution is -2.37. The first-order valence-electron chi connectivity index (χ1n) is 5.77. The van der Waals surface area contributed by atoms with Crippen LogP contribution >= 0.6 is 11.6 Å². The van der Waals surface area contributed by atoms with Crippen LogP contribution in [0.5, 0.6) is 0 Å². The van der Waals surface area contributed by atoms with Crippen LogP contribution in [-0.2, 0) is 4.74 Å². The molecule has 1 aromatic heterocycles. The summed E-state index contributed by atoms with van der Waals surface area (Å²) in [6, 6.07) is 3.93. The summed E-state index contributed by atoms with van der Waals surface area (Å²) in [6.07, 6.45) is 4.37. The summed E-state index contributed by atoms with van der Waals surface area (Å²) in [4.78, 5) is 6.33. The molecule has 1 aromatic rings. The van der Waals surface area contributed by atoms with Gasteiger partial charge in [0, 0.05) is 31.6 Å². The zero-order chi connectivity index (χ0) is 11.4. The summed E-state index contributed by atoms with van der Waals surface area (Å²) in [7, 11) is 0. The maximum Gasteiger partial charge on any atom is 0.131 e. The molecule has 4 heteroatoms. The van der Waals surface area contributed by atoms with Gasteiger partial charge in [-0.1, -0.05) is 11.6 Å². The number of aromatic nitrogens is 1. The first-order valence-corrected chi connectivity index (χ1v) is 6.15. The predicted molar refractivity (Wildman–Crippen MR) is 66.1 cm³/mol. The van der Waals surface area contributed by atoms with Gasteiger partial charge in [-0.25, -0.2) is 4.98 Å². The molecule has 2 heterocycles. The topological polar surface area (TPSA) is 25.4 Å². The fourth-order valence-electron chi connectivity index (χ4n) is 2.11. The molecule has 0 aliphatic carbocycles. The van der Waals surface area contributed by atoms with Crippen LogP contribution in [-0.4, -0.2) is 30.8 Å². The van der Waals surface area contributed by atoms with Crippen molar-refractivity contribution in [1.29, 1.82) is 0 Å². The van der Waals surface area contributed by atoms with Gasteiger partial charge >= 0.3 is 0 Å². The normalized spacial score (nSPS) is 17.8. The van der Waals surface area contributed by atoms with Gasteiger partial charge in [-0.15, -0.1) is 0 Å². The van der Waals surface area contributed by atoms with Crippen molar-refractivity contribution < 1.29 is 4.74 Å². The number of hydrogen-bond donors (Lipinski definition) is 0. The van der Waals surface area contributed by atoms with Gasteiger partial charge in [-0.05, 0) is 31.9 Å². The minimum atomic E-state index is 0.429. The second-order valence-electron chi connectivity index (χ2n) is 3.98. The molecule has 0 aromatic carbocycles. The van der Waals surface area contributed by atoms with Crippen molar-refractivity contribution in [3.05, 3.63) is 23.5 Å². The summed E-state index contributed by atoms with van der Waals surface area (Å²) in [6.45, 7) is 4.93. The van der Waals surface area contributed by atoms with Crippen molar-refractivity contribution in [3.8, 4) is 0 Å². The second-order valence-corrected chi connectivity index (χ2v) is 4.37. The van der Waals surface area contributed by atoms with Crippen LogP contribution in [0.3, 0.4) is 0 Å². The van der Waals surface area contributed by atoms with Crippen molar-refractivity contribution >= 4 is 17.3 Å². The molecular weight excluding hydrogens is 224 g/mol. The molecule has 0 unspecified atom stereocenters. The molecule has 0 bridgehead atoms. The van der Waals surface area contributed by atoms with Crippen LogP contribution in [0.4, 0.5) is 5.69 Å². The van der Waals surface area contributed by atoms with Gasteiger partial charge in [0.15, 0.2) is 0 Å². The molecule has 1 fully saturated rings. The summed E-state index contributed by atoms with van der Waals surface area (Å²) < 4.78 is 5.63. The van der Waals surface area contributed by atoms with E-state index in [1.165, 1.54) is 0 Å². The van der Waals surface area contributed by atoms with E-state index in [0.29, 0.717) is 11.3 Å². The van der Waals surface area contributed by atoms with Crippen LogP contribution in [0.2, 0.25) is 5.15 Å². The Labute approximate surface area is 101 Å². The highest BCUT2D eigenvalue weighted by molar-refractivity contribution is 6.29. The average molecular weight is 241 g/mol. The Bertz CT molecular complexity index is 338. The summed E-state index contributed by atoms with van der Waals surface area (Å²) in [5, 5.41) is 0.560. The van der Waals surface area contributed by atoms with Crippen molar-refractivity contribution in [2.24, 2.45) is 0 Å². The average Bonchev–Trinajstić information content (AvgIpc) is 2.30. The smallest absolute Gasteiger partial charge is 0.131 e. The number of pyridine rings is 1. The van der Waals surface area contributed by atoms with E-state index in [9.17, 15) is 0 Å². The van der Waals surface area contributed by atoms with E-state index in [-0.39, 0.29) is 0 Å². The molecule has 1 saturated heterocycles. The standard InChI is InChI=1S/C12H17ClN2O/c1-2-16-11-4-7-15(8-5-11)10-3-6-14-12(13)9-10/h3,6,9,11H,2,4-5,7-8H2,1H3. The highest BCUT2D eigenvalue weighted by Crippen LogP contribution is 2.22. The van der Waals surface area contributed by atoms with Crippen LogP contribution in [0.15, 0.2) is 18.3 Å². The van der Waals surface area contributed by atoms with Gasteiger partial charge in [0.2, 0.25) is 0 Å². The highest BCUT2D eigenvalue weighted by Gasteiger charge is 2.19. The first kappa shape index (κ1) is 11.7. The first-order chi connectivity index (χ1) is 7.79. The van der Waals surface area contributed by atoms with Crippen molar-refractivity contribution in [2.45, 2.75) is 25.9 Å². The fourth-order valence-corrected chi connectivity index (χ4v) is 2.27. The second kappa shape index (κ2) is 5.51. The largest absolute Gasteiger partial charge is 0.378 e. The lowest BCUT2D eigenvalue weighted by atomic mass is 10.1. The van der Waals surface area contributed by atoms with Crippen LogP contribution < -0.4 is 4.90 Å². The molecule has 16 heavy (non-hydrogen) atoms.